The van der Waals surface area contributed by atoms with Crippen molar-refractivity contribution in [1.82, 2.24) is 20.4 Å². The number of aromatic nitrogens is 2. The molecule has 0 spiro atoms. The lowest BCUT2D eigenvalue weighted by atomic mass is 9.92. The molecule has 0 saturated heterocycles. The third-order valence-electron chi connectivity index (χ3n) is 5.28. The van der Waals surface area contributed by atoms with E-state index in [4.69, 9.17) is 4.74 Å². The minimum atomic E-state index is -0.548. The Balaban J connectivity index is 2.06. The van der Waals surface area contributed by atoms with Crippen molar-refractivity contribution in [3.05, 3.63) is 17.0 Å². The minimum Gasteiger partial charge on any atom is -0.444 e. The number of alkyl carbamates (subject to hydrolysis) is 1. The second kappa shape index (κ2) is 7.52. The SMILES string of the molecule is Cc1nn(C)c(C)c1C(C)C(=O)NC(C)(CNC(=O)OC(C)(C)C)C1CC1. The topological polar surface area (TPSA) is 85.3 Å². The number of rotatable bonds is 6. The van der Waals surface area contributed by atoms with Gasteiger partial charge in [-0.05, 0) is 67.2 Å². The molecular formula is C20H34N4O3. The largest absolute Gasteiger partial charge is 0.444 e. The first-order valence-corrected chi connectivity index (χ1v) is 9.63. The van der Waals surface area contributed by atoms with Crippen LogP contribution in [0.1, 0.15) is 70.3 Å². The number of aryl methyl sites for hydroxylation is 2. The molecule has 0 aromatic carbocycles. The van der Waals surface area contributed by atoms with Gasteiger partial charge >= 0.3 is 6.09 Å². The summed E-state index contributed by atoms with van der Waals surface area (Å²) >= 11 is 0. The lowest BCUT2D eigenvalue weighted by molar-refractivity contribution is -0.124. The van der Waals surface area contributed by atoms with Crippen LogP contribution < -0.4 is 10.6 Å². The lowest BCUT2D eigenvalue weighted by Gasteiger charge is -2.33. The van der Waals surface area contributed by atoms with Gasteiger partial charge in [-0.1, -0.05) is 0 Å². The lowest BCUT2D eigenvalue weighted by Crippen LogP contribution is -2.56. The van der Waals surface area contributed by atoms with Crippen LogP contribution in [0.25, 0.3) is 0 Å². The highest BCUT2D eigenvalue weighted by Crippen LogP contribution is 2.39. The number of nitrogens with one attached hydrogen (secondary N) is 2. The van der Waals surface area contributed by atoms with Crippen LogP contribution in [0.2, 0.25) is 0 Å². The zero-order chi connectivity index (χ0) is 20.6. The van der Waals surface area contributed by atoms with Crippen molar-refractivity contribution in [3.63, 3.8) is 0 Å². The Bertz CT molecular complexity index is 716. The second-order valence-corrected chi connectivity index (χ2v) is 8.97. The fourth-order valence-electron chi connectivity index (χ4n) is 3.52. The van der Waals surface area contributed by atoms with Gasteiger partial charge < -0.3 is 15.4 Å². The molecule has 152 valence electrons. The van der Waals surface area contributed by atoms with Gasteiger partial charge in [-0.2, -0.15) is 5.10 Å². The molecule has 2 unspecified atom stereocenters. The average molecular weight is 379 g/mol. The van der Waals surface area contributed by atoms with Gasteiger partial charge in [0.15, 0.2) is 0 Å². The molecule has 2 amide bonds. The van der Waals surface area contributed by atoms with Gasteiger partial charge in [0.2, 0.25) is 5.91 Å². The Morgan fingerprint density at radius 2 is 1.85 bits per heavy atom. The van der Waals surface area contributed by atoms with E-state index in [0.29, 0.717) is 12.5 Å². The van der Waals surface area contributed by atoms with Gasteiger partial charge in [0.05, 0.1) is 17.2 Å². The van der Waals surface area contributed by atoms with Crippen LogP contribution in [0.15, 0.2) is 0 Å². The number of ether oxygens (including phenoxy) is 1. The highest BCUT2D eigenvalue weighted by molar-refractivity contribution is 5.84. The fourth-order valence-corrected chi connectivity index (χ4v) is 3.52. The summed E-state index contributed by atoms with van der Waals surface area (Å²) in [5, 5.41) is 10.4. The third kappa shape index (κ3) is 5.23. The van der Waals surface area contributed by atoms with Gasteiger partial charge in [0.25, 0.3) is 0 Å². The van der Waals surface area contributed by atoms with Crippen LogP contribution in [-0.4, -0.2) is 39.5 Å². The smallest absolute Gasteiger partial charge is 0.407 e. The van der Waals surface area contributed by atoms with Crippen molar-refractivity contribution in [2.75, 3.05) is 6.54 Å². The summed E-state index contributed by atoms with van der Waals surface area (Å²) in [4.78, 5) is 25.0. The van der Waals surface area contributed by atoms with Crippen LogP contribution >= 0.6 is 0 Å². The first kappa shape index (κ1) is 21.3. The number of carbonyl (C=O) groups excluding carboxylic acids is 2. The molecule has 1 fully saturated rings. The molecule has 7 heteroatoms. The quantitative estimate of drug-likeness (QED) is 0.797. The number of amides is 2. The first-order valence-electron chi connectivity index (χ1n) is 9.63. The predicted octanol–water partition coefficient (Wildman–Crippen LogP) is 2.95. The average Bonchev–Trinajstić information content (AvgIpc) is 3.33. The van der Waals surface area contributed by atoms with E-state index in [1.165, 1.54) is 0 Å². The Hall–Kier alpha value is -2.05. The van der Waals surface area contributed by atoms with Gasteiger partial charge in [0, 0.05) is 24.8 Å². The van der Waals surface area contributed by atoms with E-state index in [1.54, 1.807) is 4.68 Å². The van der Waals surface area contributed by atoms with E-state index in [1.807, 2.05) is 55.5 Å². The zero-order valence-corrected chi connectivity index (χ0v) is 17.9. The minimum absolute atomic E-state index is 0.0467. The maximum atomic E-state index is 13.0. The molecule has 0 radical (unpaired) electrons. The Morgan fingerprint density at radius 1 is 1.26 bits per heavy atom. The van der Waals surface area contributed by atoms with Crippen LogP contribution in [0.3, 0.4) is 0 Å². The summed E-state index contributed by atoms with van der Waals surface area (Å²) in [6.07, 6.45) is 1.63. The molecule has 2 N–H and O–H groups in total. The number of carbonyl (C=O) groups is 2. The summed E-state index contributed by atoms with van der Waals surface area (Å²) in [6, 6.07) is 0. The second-order valence-electron chi connectivity index (χ2n) is 8.97. The van der Waals surface area contributed by atoms with E-state index in [2.05, 4.69) is 15.7 Å². The van der Waals surface area contributed by atoms with E-state index in [-0.39, 0.29) is 11.8 Å². The Kier molecular flexibility index (Phi) is 5.92. The number of hydrogen-bond acceptors (Lipinski definition) is 4. The van der Waals surface area contributed by atoms with Crippen LogP contribution in [0.4, 0.5) is 4.79 Å². The zero-order valence-electron chi connectivity index (χ0n) is 17.9. The monoisotopic (exact) mass is 378 g/mol. The maximum Gasteiger partial charge on any atom is 0.407 e. The molecule has 2 rings (SSSR count). The summed E-state index contributed by atoms with van der Waals surface area (Å²) in [5.74, 6) is 0.00701. The Morgan fingerprint density at radius 3 is 2.30 bits per heavy atom. The highest BCUT2D eigenvalue weighted by atomic mass is 16.6. The maximum absolute atomic E-state index is 13.0. The molecule has 1 heterocycles. The van der Waals surface area contributed by atoms with Gasteiger partial charge in [0.1, 0.15) is 5.60 Å². The van der Waals surface area contributed by atoms with Gasteiger partial charge in [-0.3, -0.25) is 9.48 Å². The summed E-state index contributed by atoms with van der Waals surface area (Å²) in [7, 11) is 1.88. The standard InChI is InChI=1S/C20H34N4O3/c1-12(16-13(2)23-24(8)14(16)3)17(25)22-20(7,15-9-10-15)11-21-18(26)27-19(4,5)6/h12,15H,9-11H2,1-8H3,(H,21,26)(H,22,25). The van der Waals surface area contributed by atoms with E-state index in [0.717, 1.165) is 29.8 Å². The molecule has 0 bridgehead atoms. The van der Waals surface area contributed by atoms with E-state index >= 15 is 0 Å². The molecule has 2 atom stereocenters. The van der Waals surface area contributed by atoms with Gasteiger partial charge in [-0.15, -0.1) is 0 Å². The molecule has 1 aromatic heterocycles. The van der Waals surface area contributed by atoms with E-state index in [9.17, 15) is 9.59 Å². The van der Waals surface area contributed by atoms with Crippen molar-refractivity contribution < 1.29 is 14.3 Å². The van der Waals surface area contributed by atoms with Crippen molar-refractivity contribution in [2.45, 2.75) is 78.4 Å². The van der Waals surface area contributed by atoms with Crippen molar-refractivity contribution >= 4 is 12.0 Å². The summed E-state index contributed by atoms with van der Waals surface area (Å²) < 4.78 is 7.12. The third-order valence-corrected chi connectivity index (χ3v) is 5.28. The molecule has 1 saturated carbocycles. The highest BCUT2D eigenvalue weighted by Gasteiger charge is 2.43. The Labute approximate surface area is 162 Å². The molecule has 1 aliphatic rings. The fraction of sp³-hybridized carbons (Fsp3) is 0.750. The molecular weight excluding hydrogens is 344 g/mol. The number of nitrogens with zero attached hydrogens (tertiary/aromatic N) is 2. The summed E-state index contributed by atoms with van der Waals surface area (Å²) in [5.41, 5.74) is 1.79. The predicted molar refractivity (Wildman–Crippen MR) is 105 cm³/mol. The molecule has 27 heavy (non-hydrogen) atoms. The molecule has 1 aromatic rings. The normalized spacial score (nSPS) is 17.8. The van der Waals surface area contributed by atoms with E-state index < -0.39 is 17.2 Å². The molecule has 0 aliphatic heterocycles. The van der Waals surface area contributed by atoms with Crippen LogP contribution in [0.5, 0.6) is 0 Å². The van der Waals surface area contributed by atoms with Gasteiger partial charge in [-0.25, -0.2) is 4.79 Å². The molecule has 1 aliphatic carbocycles. The van der Waals surface area contributed by atoms with Crippen molar-refractivity contribution in [1.29, 1.82) is 0 Å². The van der Waals surface area contributed by atoms with Crippen molar-refractivity contribution in [3.8, 4) is 0 Å². The van der Waals surface area contributed by atoms with Crippen LogP contribution in [-0.2, 0) is 16.6 Å². The summed E-state index contributed by atoms with van der Waals surface area (Å²) in [6.45, 7) is 13.6. The van der Waals surface area contributed by atoms with Crippen molar-refractivity contribution in [2.24, 2.45) is 13.0 Å². The van der Waals surface area contributed by atoms with Crippen LogP contribution in [0, 0.1) is 19.8 Å². The number of hydrogen-bond donors (Lipinski definition) is 2. The molecule has 7 nitrogen and oxygen atoms in total. The first-order chi connectivity index (χ1) is 12.3.